The number of alkyl halides is 3. The lowest BCUT2D eigenvalue weighted by molar-refractivity contribution is -0.138. The third-order valence-corrected chi connectivity index (χ3v) is 4.27. The van der Waals surface area contributed by atoms with E-state index >= 15 is 0 Å². The van der Waals surface area contributed by atoms with Crippen LogP contribution in [0.4, 0.5) is 17.6 Å². The number of fused-ring (bicyclic) bond motifs is 1. The van der Waals surface area contributed by atoms with Crippen LogP contribution in [0.1, 0.15) is 22.6 Å². The predicted molar refractivity (Wildman–Crippen MR) is 75.8 cm³/mol. The third-order valence-electron chi connectivity index (χ3n) is 3.63. The Bertz CT molecular complexity index is 709. The van der Waals surface area contributed by atoms with Crippen LogP contribution in [0.15, 0.2) is 22.8 Å². The zero-order valence-electron chi connectivity index (χ0n) is 11.3. The van der Waals surface area contributed by atoms with E-state index in [4.69, 9.17) is 0 Å². The first-order valence-electron chi connectivity index (χ1n) is 6.66. The third kappa shape index (κ3) is 2.89. The Balaban J connectivity index is 2.03. The van der Waals surface area contributed by atoms with E-state index in [9.17, 15) is 17.6 Å². The lowest BCUT2D eigenvalue weighted by Gasteiger charge is -2.19. The largest absolute Gasteiger partial charge is 0.416 e. The smallest absolute Gasteiger partial charge is 0.328 e. The van der Waals surface area contributed by atoms with Crippen molar-refractivity contribution in [2.45, 2.75) is 25.7 Å². The van der Waals surface area contributed by atoms with Gasteiger partial charge in [0.2, 0.25) is 0 Å². The highest BCUT2D eigenvalue weighted by Gasteiger charge is 2.34. The number of halogens is 5. The molecule has 0 radical (unpaired) electrons. The molecule has 0 amide bonds. The maximum atomic E-state index is 13.2. The van der Waals surface area contributed by atoms with Gasteiger partial charge < -0.3 is 9.88 Å². The van der Waals surface area contributed by atoms with E-state index in [2.05, 4.69) is 26.2 Å². The van der Waals surface area contributed by atoms with Gasteiger partial charge in [0.1, 0.15) is 16.2 Å². The number of imidazole rings is 1. The Labute approximate surface area is 132 Å². The van der Waals surface area contributed by atoms with Gasteiger partial charge in [-0.25, -0.2) is 9.37 Å². The first-order valence-corrected chi connectivity index (χ1v) is 7.45. The van der Waals surface area contributed by atoms with Crippen LogP contribution in [0.5, 0.6) is 0 Å². The predicted octanol–water partition coefficient (Wildman–Crippen LogP) is 3.50. The SMILES string of the molecule is Fc1ccc(Cc2c(Br)nc3n2CCNC3)c(C(F)(F)F)c1. The van der Waals surface area contributed by atoms with Gasteiger partial charge in [0.25, 0.3) is 0 Å². The Hall–Kier alpha value is -1.41. The van der Waals surface area contributed by atoms with Crippen LogP contribution < -0.4 is 5.32 Å². The van der Waals surface area contributed by atoms with Crippen LogP contribution in [0.2, 0.25) is 0 Å². The summed E-state index contributed by atoms with van der Waals surface area (Å²) >= 11 is 3.31. The van der Waals surface area contributed by atoms with Crippen molar-refractivity contribution >= 4 is 15.9 Å². The molecule has 0 spiro atoms. The average Bonchev–Trinajstić information content (AvgIpc) is 2.76. The van der Waals surface area contributed by atoms with Crippen molar-refractivity contribution in [1.82, 2.24) is 14.9 Å². The Morgan fingerprint density at radius 1 is 1.32 bits per heavy atom. The molecule has 1 aromatic heterocycles. The summed E-state index contributed by atoms with van der Waals surface area (Å²) in [6.45, 7) is 1.96. The van der Waals surface area contributed by atoms with Gasteiger partial charge in [-0.15, -0.1) is 0 Å². The fraction of sp³-hybridized carbons (Fsp3) is 0.357. The van der Waals surface area contributed by atoms with Crippen LogP contribution in [0.25, 0.3) is 0 Å². The monoisotopic (exact) mass is 377 g/mol. The number of benzene rings is 1. The van der Waals surface area contributed by atoms with Crippen molar-refractivity contribution in [1.29, 1.82) is 0 Å². The van der Waals surface area contributed by atoms with Gasteiger partial charge in [-0.2, -0.15) is 13.2 Å². The van der Waals surface area contributed by atoms with Crippen molar-refractivity contribution < 1.29 is 17.6 Å². The van der Waals surface area contributed by atoms with E-state index < -0.39 is 17.6 Å². The van der Waals surface area contributed by atoms with Gasteiger partial charge in [-0.1, -0.05) is 6.07 Å². The number of aromatic nitrogens is 2. The van der Waals surface area contributed by atoms with Gasteiger partial charge in [0.05, 0.1) is 17.8 Å². The molecule has 0 saturated carbocycles. The molecular formula is C14H12BrF4N3. The molecule has 1 aliphatic rings. The second kappa shape index (κ2) is 5.66. The topological polar surface area (TPSA) is 29.9 Å². The maximum absolute atomic E-state index is 13.2. The van der Waals surface area contributed by atoms with Crippen LogP contribution in [0.3, 0.4) is 0 Å². The van der Waals surface area contributed by atoms with Crippen molar-refractivity contribution in [3.8, 4) is 0 Å². The highest BCUT2D eigenvalue weighted by molar-refractivity contribution is 9.10. The highest BCUT2D eigenvalue weighted by atomic mass is 79.9. The molecule has 0 fully saturated rings. The summed E-state index contributed by atoms with van der Waals surface area (Å²) < 4.78 is 54.9. The van der Waals surface area contributed by atoms with E-state index in [1.807, 2.05) is 4.57 Å². The maximum Gasteiger partial charge on any atom is 0.416 e. The molecule has 1 aliphatic heterocycles. The first kappa shape index (κ1) is 15.5. The molecule has 0 aliphatic carbocycles. The lowest BCUT2D eigenvalue weighted by atomic mass is 10.0. The van der Waals surface area contributed by atoms with Crippen molar-refractivity contribution in [2.24, 2.45) is 0 Å². The zero-order chi connectivity index (χ0) is 15.9. The molecule has 1 aromatic carbocycles. The van der Waals surface area contributed by atoms with E-state index in [0.717, 1.165) is 18.4 Å². The molecule has 2 heterocycles. The van der Waals surface area contributed by atoms with Gasteiger partial charge in [-0.05, 0) is 33.6 Å². The number of nitrogens with one attached hydrogen (secondary N) is 1. The minimum absolute atomic E-state index is 0.0378. The van der Waals surface area contributed by atoms with Gasteiger partial charge in [0.15, 0.2) is 0 Å². The zero-order valence-corrected chi connectivity index (χ0v) is 12.9. The summed E-state index contributed by atoms with van der Waals surface area (Å²) in [5.41, 5.74) is -0.228. The molecule has 3 rings (SSSR count). The fourth-order valence-electron chi connectivity index (χ4n) is 2.61. The quantitative estimate of drug-likeness (QED) is 0.811. The summed E-state index contributed by atoms with van der Waals surface area (Å²) in [7, 11) is 0. The molecule has 1 N–H and O–H groups in total. The van der Waals surface area contributed by atoms with E-state index in [1.54, 1.807) is 0 Å². The average molecular weight is 378 g/mol. The van der Waals surface area contributed by atoms with Crippen molar-refractivity contribution in [2.75, 3.05) is 6.54 Å². The molecular weight excluding hydrogens is 366 g/mol. The normalized spacial score (nSPS) is 15.0. The lowest BCUT2D eigenvalue weighted by Crippen LogP contribution is -2.29. The minimum atomic E-state index is -4.59. The molecule has 0 bridgehead atoms. The summed E-state index contributed by atoms with van der Waals surface area (Å²) in [6.07, 6.45) is -4.54. The summed E-state index contributed by atoms with van der Waals surface area (Å²) in [4.78, 5) is 4.32. The van der Waals surface area contributed by atoms with Gasteiger partial charge >= 0.3 is 6.18 Å². The number of rotatable bonds is 2. The Kier molecular flexibility index (Phi) is 3.98. The minimum Gasteiger partial charge on any atom is -0.328 e. The van der Waals surface area contributed by atoms with Crippen LogP contribution in [-0.2, 0) is 25.7 Å². The molecule has 0 atom stereocenters. The second-order valence-corrected chi connectivity index (χ2v) is 5.82. The summed E-state index contributed by atoms with van der Waals surface area (Å²) in [5, 5.41) is 3.15. The second-order valence-electron chi connectivity index (χ2n) is 5.07. The summed E-state index contributed by atoms with van der Waals surface area (Å²) in [5.74, 6) is -0.113. The molecule has 8 heteroatoms. The summed E-state index contributed by atoms with van der Waals surface area (Å²) in [6, 6.07) is 2.78. The molecule has 0 unspecified atom stereocenters. The van der Waals surface area contributed by atoms with Crippen LogP contribution >= 0.6 is 15.9 Å². The molecule has 2 aromatic rings. The van der Waals surface area contributed by atoms with Crippen molar-refractivity contribution in [3.05, 3.63) is 51.3 Å². The number of hydrogen-bond acceptors (Lipinski definition) is 2. The number of hydrogen-bond donors (Lipinski definition) is 1. The first-order chi connectivity index (χ1) is 10.4. The van der Waals surface area contributed by atoms with E-state index in [1.165, 1.54) is 6.07 Å². The molecule has 118 valence electrons. The van der Waals surface area contributed by atoms with Crippen LogP contribution in [0, 0.1) is 5.82 Å². The Morgan fingerprint density at radius 2 is 2.09 bits per heavy atom. The fourth-order valence-corrected chi connectivity index (χ4v) is 3.17. The highest BCUT2D eigenvalue weighted by Crippen LogP contribution is 2.34. The van der Waals surface area contributed by atoms with E-state index in [-0.39, 0.29) is 12.0 Å². The van der Waals surface area contributed by atoms with Crippen LogP contribution in [-0.4, -0.2) is 16.1 Å². The van der Waals surface area contributed by atoms with Crippen molar-refractivity contribution in [3.63, 3.8) is 0 Å². The van der Waals surface area contributed by atoms with E-state index in [0.29, 0.717) is 29.5 Å². The molecule has 0 saturated heterocycles. The Morgan fingerprint density at radius 3 is 2.82 bits per heavy atom. The molecule has 22 heavy (non-hydrogen) atoms. The number of nitrogens with zero attached hydrogens (tertiary/aromatic N) is 2. The standard InChI is InChI=1S/C14H12BrF4N3/c15-13-11(22-4-3-20-7-12(22)21-13)5-8-1-2-9(16)6-10(8)14(17,18)19/h1-2,6,20H,3-5,7H2. The van der Waals surface area contributed by atoms with Gasteiger partial charge in [-0.3, -0.25) is 0 Å². The van der Waals surface area contributed by atoms with Gasteiger partial charge in [0, 0.05) is 19.5 Å². The molecule has 3 nitrogen and oxygen atoms in total.